The Bertz CT molecular complexity index is 1090. The van der Waals surface area contributed by atoms with Gasteiger partial charge >= 0.3 is 6.03 Å². The molecule has 0 aliphatic rings. The highest BCUT2D eigenvalue weighted by atomic mass is 35.5. The predicted molar refractivity (Wildman–Crippen MR) is 124 cm³/mol. The summed E-state index contributed by atoms with van der Waals surface area (Å²) in [6, 6.07) is 8.20. The van der Waals surface area contributed by atoms with E-state index in [2.05, 4.69) is 20.6 Å². The molecule has 0 aliphatic heterocycles. The molecule has 10 heteroatoms. The molecule has 0 atom stereocenters. The summed E-state index contributed by atoms with van der Waals surface area (Å²) >= 11 is 6.30. The molecule has 3 rings (SSSR count). The molecule has 0 aliphatic carbocycles. The number of hydrogen-bond acceptors (Lipinski definition) is 7. The number of halogens is 1. The predicted octanol–water partition coefficient (Wildman–Crippen LogP) is 4.17. The Labute approximate surface area is 191 Å². The average Bonchev–Trinajstić information content (AvgIpc) is 2.75. The Balaban J connectivity index is 1.84. The number of urea groups is 1. The fourth-order valence-corrected chi connectivity index (χ4v) is 3.05. The molecule has 9 nitrogen and oxygen atoms in total. The lowest BCUT2D eigenvalue weighted by atomic mass is 10.2. The van der Waals surface area contributed by atoms with Gasteiger partial charge in [0.1, 0.15) is 18.7 Å². The van der Waals surface area contributed by atoms with Crippen molar-refractivity contribution in [3.05, 3.63) is 41.7 Å². The van der Waals surface area contributed by atoms with Crippen LogP contribution in [-0.4, -0.2) is 61.8 Å². The standard InChI is InChI=1S/C22H26ClN5O4/c1-5-24-22(29)27-17-7-6-14(10-16(17)23)32-21-15-11-19(30-4)20(31-9-8-28(2)3)12-18(15)25-13-26-21/h6-7,10-13H,5,8-9H2,1-4H3,(H2,24,27,29). The monoisotopic (exact) mass is 459 g/mol. The van der Waals surface area contributed by atoms with E-state index >= 15 is 0 Å². The topological polar surface area (TPSA) is 97.8 Å². The van der Waals surface area contributed by atoms with E-state index in [4.69, 9.17) is 25.8 Å². The Morgan fingerprint density at radius 3 is 2.66 bits per heavy atom. The van der Waals surface area contributed by atoms with Crippen LogP contribution in [0, 0.1) is 0 Å². The number of nitrogens with zero attached hydrogens (tertiary/aromatic N) is 3. The number of likely N-dealkylation sites (N-methyl/N-ethyl adjacent to an activating group) is 1. The number of rotatable bonds is 9. The lowest BCUT2D eigenvalue weighted by molar-refractivity contribution is 0.251. The SMILES string of the molecule is CCNC(=O)Nc1ccc(Oc2ncnc3cc(OCCN(C)C)c(OC)cc23)cc1Cl. The Kier molecular flexibility index (Phi) is 7.91. The number of benzene rings is 2. The summed E-state index contributed by atoms with van der Waals surface area (Å²) in [7, 11) is 5.53. The van der Waals surface area contributed by atoms with E-state index in [0.29, 0.717) is 57.9 Å². The number of carbonyl (C=O) groups excluding carboxylic acids is 1. The van der Waals surface area contributed by atoms with E-state index in [-0.39, 0.29) is 6.03 Å². The smallest absolute Gasteiger partial charge is 0.319 e. The zero-order valence-electron chi connectivity index (χ0n) is 18.4. The van der Waals surface area contributed by atoms with E-state index in [1.165, 1.54) is 6.33 Å². The summed E-state index contributed by atoms with van der Waals surface area (Å²) in [5.74, 6) is 1.95. The van der Waals surface area contributed by atoms with Crippen LogP contribution in [0.25, 0.3) is 10.9 Å². The number of carbonyl (C=O) groups is 1. The Hall–Kier alpha value is -3.30. The third-order valence-corrected chi connectivity index (χ3v) is 4.73. The van der Waals surface area contributed by atoms with Gasteiger partial charge < -0.3 is 29.7 Å². The van der Waals surface area contributed by atoms with E-state index in [0.717, 1.165) is 6.54 Å². The van der Waals surface area contributed by atoms with Crippen LogP contribution in [0.1, 0.15) is 6.92 Å². The maximum absolute atomic E-state index is 11.7. The first-order valence-electron chi connectivity index (χ1n) is 10.0. The molecule has 1 aromatic heterocycles. The Morgan fingerprint density at radius 1 is 1.16 bits per heavy atom. The second kappa shape index (κ2) is 10.8. The van der Waals surface area contributed by atoms with Crippen molar-refractivity contribution in [3.8, 4) is 23.1 Å². The number of hydrogen-bond donors (Lipinski definition) is 2. The maximum atomic E-state index is 11.7. The summed E-state index contributed by atoms with van der Waals surface area (Å²) in [6.45, 7) is 3.62. The minimum absolute atomic E-state index is 0.333. The normalized spacial score (nSPS) is 10.8. The first-order valence-corrected chi connectivity index (χ1v) is 10.4. The van der Waals surface area contributed by atoms with Crippen molar-refractivity contribution in [3.63, 3.8) is 0 Å². The first-order chi connectivity index (χ1) is 15.4. The van der Waals surface area contributed by atoms with Crippen molar-refractivity contribution in [2.75, 3.05) is 46.2 Å². The highest BCUT2D eigenvalue weighted by Crippen LogP contribution is 2.37. The van der Waals surface area contributed by atoms with Crippen LogP contribution in [0.4, 0.5) is 10.5 Å². The molecule has 32 heavy (non-hydrogen) atoms. The van der Waals surface area contributed by atoms with Crippen LogP contribution in [0.5, 0.6) is 23.1 Å². The fourth-order valence-electron chi connectivity index (χ4n) is 2.83. The Morgan fingerprint density at radius 2 is 1.97 bits per heavy atom. The second-order valence-corrected chi connectivity index (χ2v) is 7.49. The highest BCUT2D eigenvalue weighted by molar-refractivity contribution is 6.33. The van der Waals surface area contributed by atoms with Crippen LogP contribution in [0.15, 0.2) is 36.7 Å². The number of amides is 2. The van der Waals surface area contributed by atoms with Crippen LogP contribution >= 0.6 is 11.6 Å². The van der Waals surface area contributed by atoms with Gasteiger partial charge in [-0.1, -0.05) is 11.6 Å². The minimum Gasteiger partial charge on any atom is -0.493 e. The molecule has 3 aromatic rings. The van der Waals surface area contributed by atoms with E-state index < -0.39 is 0 Å². The van der Waals surface area contributed by atoms with Gasteiger partial charge in [-0.3, -0.25) is 0 Å². The maximum Gasteiger partial charge on any atom is 0.319 e. The molecule has 0 spiro atoms. The molecule has 0 saturated carbocycles. The summed E-state index contributed by atoms with van der Waals surface area (Å²) in [5.41, 5.74) is 1.12. The van der Waals surface area contributed by atoms with Gasteiger partial charge in [0, 0.05) is 25.2 Å². The third kappa shape index (κ3) is 5.89. The molecule has 2 amide bonds. The van der Waals surface area contributed by atoms with Crippen LogP contribution in [0.3, 0.4) is 0 Å². The van der Waals surface area contributed by atoms with E-state index in [9.17, 15) is 4.79 Å². The molecule has 2 aromatic carbocycles. The van der Waals surface area contributed by atoms with Gasteiger partial charge in [-0.05, 0) is 39.2 Å². The molecule has 170 valence electrons. The lowest BCUT2D eigenvalue weighted by Gasteiger charge is -2.15. The van der Waals surface area contributed by atoms with E-state index in [1.807, 2.05) is 25.9 Å². The number of ether oxygens (including phenoxy) is 3. The second-order valence-electron chi connectivity index (χ2n) is 7.08. The number of methoxy groups -OCH3 is 1. The quantitative estimate of drug-likeness (QED) is 0.495. The summed E-state index contributed by atoms with van der Waals surface area (Å²) in [5, 5.41) is 6.32. The van der Waals surface area contributed by atoms with Gasteiger partial charge in [0.2, 0.25) is 5.88 Å². The number of anilines is 1. The molecule has 0 radical (unpaired) electrons. The van der Waals surface area contributed by atoms with Crippen molar-refractivity contribution in [1.82, 2.24) is 20.2 Å². The molecule has 0 saturated heterocycles. The molecule has 1 heterocycles. The average molecular weight is 460 g/mol. The molecule has 0 fully saturated rings. The fraction of sp³-hybridized carbons (Fsp3) is 0.318. The van der Waals surface area contributed by atoms with E-state index in [1.54, 1.807) is 37.4 Å². The van der Waals surface area contributed by atoms with Crippen molar-refractivity contribution < 1.29 is 19.0 Å². The van der Waals surface area contributed by atoms with Gasteiger partial charge in [-0.2, -0.15) is 0 Å². The number of aromatic nitrogens is 2. The van der Waals surface area contributed by atoms with Gasteiger partial charge in [-0.15, -0.1) is 0 Å². The number of nitrogens with one attached hydrogen (secondary N) is 2. The molecular formula is C22H26ClN5O4. The summed E-state index contributed by atoms with van der Waals surface area (Å²) in [4.78, 5) is 22.3. The van der Waals surface area contributed by atoms with Crippen molar-refractivity contribution in [2.24, 2.45) is 0 Å². The highest BCUT2D eigenvalue weighted by Gasteiger charge is 2.14. The molecule has 2 N–H and O–H groups in total. The van der Waals surface area contributed by atoms with Crippen molar-refractivity contribution >= 4 is 34.2 Å². The number of fused-ring (bicyclic) bond motifs is 1. The zero-order valence-corrected chi connectivity index (χ0v) is 19.2. The van der Waals surface area contributed by atoms with Crippen LogP contribution in [-0.2, 0) is 0 Å². The van der Waals surface area contributed by atoms with Crippen LogP contribution in [0.2, 0.25) is 5.02 Å². The van der Waals surface area contributed by atoms with Gasteiger partial charge in [-0.25, -0.2) is 14.8 Å². The molecule has 0 unspecified atom stereocenters. The zero-order chi connectivity index (χ0) is 23.1. The minimum atomic E-state index is -0.333. The lowest BCUT2D eigenvalue weighted by Crippen LogP contribution is -2.28. The molecule has 0 bridgehead atoms. The largest absolute Gasteiger partial charge is 0.493 e. The van der Waals surface area contributed by atoms with Gasteiger partial charge in [0.15, 0.2) is 11.5 Å². The van der Waals surface area contributed by atoms with Crippen molar-refractivity contribution in [2.45, 2.75) is 6.92 Å². The van der Waals surface area contributed by atoms with Gasteiger partial charge in [0.05, 0.1) is 28.7 Å². The molecular weight excluding hydrogens is 434 g/mol. The summed E-state index contributed by atoms with van der Waals surface area (Å²) < 4.78 is 17.3. The van der Waals surface area contributed by atoms with Crippen molar-refractivity contribution in [1.29, 1.82) is 0 Å². The third-order valence-electron chi connectivity index (χ3n) is 4.42. The van der Waals surface area contributed by atoms with Gasteiger partial charge in [0.25, 0.3) is 0 Å². The first kappa shape index (κ1) is 23.4. The van der Waals surface area contributed by atoms with Crippen LogP contribution < -0.4 is 24.8 Å². The summed E-state index contributed by atoms with van der Waals surface area (Å²) in [6.07, 6.45) is 1.42.